The number of nitrogens with zero attached hydrogens (tertiary/aromatic N) is 1. The van der Waals surface area contributed by atoms with Crippen molar-refractivity contribution >= 4 is 11.8 Å². The van der Waals surface area contributed by atoms with Crippen LogP contribution in [0.3, 0.4) is 0 Å². The highest BCUT2D eigenvalue weighted by Crippen LogP contribution is 2.31. The first-order valence-corrected chi connectivity index (χ1v) is 6.51. The molecule has 0 saturated carbocycles. The Bertz CT molecular complexity index is 371. The predicted molar refractivity (Wildman–Crippen MR) is 66.8 cm³/mol. The molecule has 0 aromatic heterocycles. The van der Waals surface area contributed by atoms with Gasteiger partial charge in [-0.25, -0.2) is 0 Å². The van der Waals surface area contributed by atoms with Crippen molar-refractivity contribution in [3.63, 3.8) is 0 Å². The Balaban J connectivity index is 2.48. The number of benzene rings is 1. The average molecular weight is 279 g/mol. The van der Waals surface area contributed by atoms with Crippen LogP contribution in [-0.2, 0) is 6.18 Å². The molecule has 6 heteroatoms. The summed E-state index contributed by atoms with van der Waals surface area (Å²) in [5.74, 6) is 0.692. The Kier molecular flexibility index (Phi) is 5.98. The van der Waals surface area contributed by atoms with Crippen molar-refractivity contribution in [1.82, 2.24) is 4.90 Å². The van der Waals surface area contributed by atoms with Crippen LogP contribution in [0.4, 0.5) is 13.2 Å². The van der Waals surface area contributed by atoms with Crippen molar-refractivity contribution in [2.24, 2.45) is 0 Å². The Morgan fingerprint density at radius 1 is 1.28 bits per heavy atom. The van der Waals surface area contributed by atoms with Crippen molar-refractivity contribution in [3.05, 3.63) is 29.8 Å². The van der Waals surface area contributed by atoms with Crippen molar-refractivity contribution in [2.45, 2.75) is 11.1 Å². The van der Waals surface area contributed by atoms with Gasteiger partial charge in [-0.15, -0.1) is 11.8 Å². The van der Waals surface area contributed by atoms with Crippen molar-refractivity contribution in [3.8, 4) is 0 Å². The highest BCUT2D eigenvalue weighted by Gasteiger charge is 2.30. The van der Waals surface area contributed by atoms with Crippen LogP contribution < -0.4 is 0 Å². The first kappa shape index (κ1) is 15.3. The van der Waals surface area contributed by atoms with Crippen LogP contribution in [0.5, 0.6) is 0 Å². The molecular weight excluding hydrogens is 263 g/mol. The maximum absolute atomic E-state index is 12.5. The predicted octanol–water partition coefficient (Wildman–Crippen LogP) is 2.72. The molecule has 0 fully saturated rings. The molecule has 1 aromatic rings. The summed E-state index contributed by atoms with van der Waals surface area (Å²) in [5, 5.41) is 8.71. The summed E-state index contributed by atoms with van der Waals surface area (Å²) in [4.78, 5) is 2.54. The summed E-state index contributed by atoms with van der Waals surface area (Å²) in [6.45, 7) is 1.38. The molecule has 0 radical (unpaired) electrons. The van der Waals surface area contributed by atoms with Crippen LogP contribution in [-0.4, -0.2) is 42.5 Å². The third kappa shape index (κ3) is 5.29. The molecule has 0 atom stereocenters. The molecule has 1 aromatic carbocycles. The minimum atomic E-state index is -4.29. The lowest BCUT2D eigenvalue weighted by Gasteiger charge is -2.14. The van der Waals surface area contributed by atoms with Gasteiger partial charge in [0.25, 0.3) is 0 Å². The molecule has 0 heterocycles. The summed E-state index contributed by atoms with van der Waals surface area (Å²) in [7, 11) is 1.86. The monoisotopic (exact) mass is 279 g/mol. The van der Waals surface area contributed by atoms with Gasteiger partial charge in [0.05, 0.1) is 12.2 Å². The number of aliphatic hydroxyl groups excluding tert-OH is 1. The number of aliphatic hydroxyl groups is 1. The third-order valence-electron chi connectivity index (χ3n) is 2.38. The molecule has 18 heavy (non-hydrogen) atoms. The largest absolute Gasteiger partial charge is 0.416 e. The Labute approximate surface area is 109 Å². The Hall–Kier alpha value is -0.720. The molecule has 1 rings (SSSR count). The van der Waals surface area contributed by atoms with Gasteiger partial charge in [0, 0.05) is 23.7 Å². The molecule has 0 unspecified atom stereocenters. The molecule has 102 valence electrons. The zero-order valence-corrected chi connectivity index (χ0v) is 10.9. The molecule has 2 nitrogen and oxygen atoms in total. The van der Waals surface area contributed by atoms with E-state index in [0.717, 1.165) is 18.7 Å². The fraction of sp³-hybridized carbons (Fsp3) is 0.500. The molecule has 0 amide bonds. The van der Waals surface area contributed by atoms with E-state index in [1.165, 1.54) is 17.8 Å². The highest BCUT2D eigenvalue weighted by atomic mass is 32.2. The molecule has 0 bridgehead atoms. The maximum atomic E-state index is 12.5. The summed E-state index contributed by atoms with van der Waals surface area (Å²) in [6.07, 6.45) is -4.29. The van der Waals surface area contributed by atoms with E-state index < -0.39 is 11.7 Å². The normalized spacial score (nSPS) is 12.1. The number of likely N-dealkylation sites (N-methyl/N-ethyl adjacent to an activating group) is 1. The number of hydrogen-bond donors (Lipinski definition) is 1. The van der Waals surface area contributed by atoms with Gasteiger partial charge in [-0.2, -0.15) is 13.2 Å². The number of halogens is 3. The fourth-order valence-corrected chi connectivity index (χ4v) is 2.39. The summed E-state index contributed by atoms with van der Waals surface area (Å²) in [6, 6.07) is 5.33. The molecule has 0 aliphatic rings. The number of hydrogen-bond acceptors (Lipinski definition) is 3. The lowest BCUT2D eigenvalue weighted by molar-refractivity contribution is -0.137. The topological polar surface area (TPSA) is 23.5 Å². The summed E-state index contributed by atoms with van der Waals surface area (Å²) in [5.41, 5.74) is -0.615. The average Bonchev–Trinajstić information content (AvgIpc) is 2.29. The lowest BCUT2D eigenvalue weighted by atomic mass is 10.2. The van der Waals surface area contributed by atoms with E-state index in [1.54, 1.807) is 6.07 Å². The van der Waals surface area contributed by atoms with E-state index in [-0.39, 0.29) is 6.61 Å². The Morgan fingerprint density at radius 2 is 2.00 bits per heavy atom. The van der Waals surface area contributed by atoms with Crippen LogP contribution in [0.25, 0.3) is 0 Å². The molecule has 0 saturated heterocycles. The summed E-state index contributed by atoms with van der Waals surface area (Å²) < 4.78 is 37.4. The molecule has 1 N–H and O–H groups in total. The molecule has 0 aliphatic carbocycles. The number of rotatable bonds is 6. The van der Waals surface area contributed by atoms with Crippen molar-refractivity contribution < 1.29 is 18.3 Å². The van der Waals surface area contributed by atoms with Crippen LogP contribution in [0.1, 0.15) is 5.56 Å². The third-order valence-corrected chi connectivity index (χ3v) is 3.36. The molecule has 0 spiro atoms. The minimum Gasteiger partial charge on any atom is -0.395 e. The minimum absolute atomic E-state index is 0.0880. The van der Waals surface area contributed by atoms with Gasteiger partial charge in [-0.05, 0) is 25.2 Å². The van der Waals surface area contributed by atoms with Crippen LogP contribution in [0, 0.1) is 0 Å². The SMILES string of the molecule is CN(CCO)CCSc1cccc(C(F)(F)F)c1. The van der Waals surface area contributed by atoms with E-state index >= 15 is 0 Å². The van der Waals surface area contributed by atoms with E-state index in [1.807, 2.05) is 11.9 Å². The maximum Gasteiger partial charge on any atom is 0.416 e. The number of thioether (sulfide) groups is 1. The molecular formula is C12H16F3NOS. The zero-order chi connectivity index (χ0) is 13.6. The van der Waals surface area contributed by atoms with Gasteiger partial charge in [-0.1, -0.05) is 6.07 Å². The van der Waals surface area contributed by atoms with Gasteiger partial charge >= 0.3 is 6.18 Å². The van der Waals surface area contributed by atoms with Crippen LogP contribution in [0.2, 0.25) is 0 Å². The quantitative estimate of drug-likeness (QED) is 0.810. The lowest BCUT2D eigenvalue weighted by Crippen LogP contribution is -2.24. The first-order chi connectivity index (χ1) is 8.43. The van der Waals surface area contributed by atoms with E-state index in [0.29, 0.717) is 17.2 Å². The second-order valence-corrected chi connectivity index (χ2v) is 5.07. The van der Waals surface area contributed by atoms with Crippen LogP contribution >= 0.6 is 11.8 Å². The fourth-order valence-electron chi connectivity index (χ4n) is 1.36. The van der Waals surface area contributed by atoms with Crippen LogP contribution in [0.15, 0.2) is 29.2 Å². The second kappa shape index (κ2) is 7.01. The second-order valence-electron chi connectivity index (χ2n) is 3.90. The summed E-state index contributed by atoms with van der Waals surface area (Å²) >= 11 is 1.38. The van der Waals surface area contributed by atoms with Crippen molar-refractivity contribution in [1.29, 1.82) is 0 Å². The zero-order valence-electron chi connectivity index (χ0n) is 10.1. The Morgan fingerprint density at radius 3 is 2.61 bits per heavy atom. The van der Waals surface area contributed by atoms with E-state index in [4.69, 9.17) is 5.11 Å². The van der Waals surface area contributed by atoms with E-state index in [9.17, 15) is 13.2 Å². The first-order valence-electron chi connectivity index (χ1n) is 5.53. The van der Waals surface area contributed by atoms with Gasteiger partial charge in [0.2, 0.25) is 0 Å². The van der Waals surface area contributed by atoms with Gasteiger partial charge in [0.15, 0.2) is 0 Å². The number of alkyl halides is 3. The molecule has 0 aliphatic heterocycles. The highest BCUT2D eigenvalue weighted by molar-refractivity contribution is 7.99. The van der Waals surface area contributed by atoms with Gasteiger partial charge in [0.1, 0.15) is 0 Å². The van der Waals surface area contributed by atoms with Crippen molar-refractivity contribution in [2.75, 3.05) is 32.5 Å². The standard InChI is InChI=1S/C12H16F3NOS/c1-16(5-7-17)6-8-18-11-4-2-3-10(9-11)12(13,14)15/h2-4,9,17H,5-8H2,1H3. The van der Waals surface area contributed by atoms with Gasteiger partial charge < -0.3 is 10.0 Å². The van der Waals surface area contributed by atoms with E-state index in [2.05, 4.69) is 0 Å². The smallest absolute Gasteiger partial charge is 0.395 e. The van der Waals surface area contributed by atoms with Gasteiger partial charge in [-0.3, -0.25) is 0 Å².